The van der Waals surface area contributed by atoms with E-state index >= 15 is 0 Å². The summed E-state index contributed by atoms with van der Waals surface area (Å²) >= 11 is 0. The molecule has 0 fully saturated rings. The van der Waals surface area contributed by atoms with Crippen LogP contribution in [0.5, 0.6) is 5.75 Å². The molecule has 0 saturated carbocycles. The number of halogens is 1. The molecule has 0 unspecified atom stereocenters. The topological polar surface area (TPSA) is 68.5 Å². The maximum atomic E-state index is 13.6. The monoisotopic (exact) mass is 349 g/mol. The molecule has 2 rings (SSSR count). The lowest BCUT2D eigenvalue weighted by molar-refractivity contribution is 0.00513. The van der Waals surface area contributed by atoms with Crippen molar-refractivity contribution in [1.82, 2.24) is 4.57 Å². The van der Waals surface area contributed by atoms with Gasteiger partial charge in [0.25, 0.3) is 5.56 Å². The Morgan fingerprint density at radius 2 is 1.76 bits per heavy atom. The Hall–Kier alpha value is -2.37. The summed E-state index contributed by atoms with van der Waals surface area (Å²) in [5.41, 5.74) is -1.86. The van der Waals surface area contributed by atoms with Crippen LogP contribution < -0.4 is 5.56 Å². The van der Waals surface area contributed by atoms with Crippen molar-refractivity contribution in [3.8, 4) is 5.75 Å². The fourth-order valence-electron chi connectivity index (χ4n) is 2.56. The number of benzene rings is 1. The zero-order chi connectivity index (χ0) is 19.2. The van der Waals surface area contributed by atoms with Gasteiger partial charge in [0.1, 0.15) is 11.4 Å². The summed E-state index contributed by atoms with van der Waals surface area (Å²) < 4.78 is 20.1. The number of carbonyl (C=O) groups is 1. The van der Waals surface area contributed by atoms with Crippen LogP contribution in [0.15, 0.2) is 23.0 Å². The molecule has 1 aromatic carbocycles. The smallest absolute Gasteiger partial charge is 0.359 e. The molecule has 0 aliphatic rings. The number of hydrogen-bond donors (Lipinski definition) is 1. The molecule has 0 bridgehead atoms. The highest BCUT2D eigenvalue weighted by atomic mass is 19.1. The minimum Gasteiger partial charge on any atom is -0.505 e. The lowest BCUT2D eigenvalue weighted by Gasteiger charge is -2.25. The summed E-state index contributed by atoms with van der Waals surface area (Å²) in [4.78, 5) is 25.5. The van der Waals surface area contributed by atoms with Crippen LogP contribution in [0.2, 0.25) is 0 Å². The molecule has 1 heterocycles. The van der Waals surface area contributed by atoms with Gasteiger partial charge in [-0.15, -0.1) is 0 Å². The fourth-order valence-corrected chi connectivity index (χ4v) is 2.56. The standard InChI is InChI=1S/C19H24FNO4/c1-18(2,3)10-21-14(17(24)25-19(4,5)6)15(22)13-9-11(20)7-8-12(13)16(21)23/h7-9,22H,10H2,1-6H3. The van der Waals surface area contributed by atoms with Crippen molar-refractivity contribution < 1.29 is 19.0 Å². The average Bonchev–Trinajstić information content (AvgIpc) is 2.41. The average molecular weight is 349 g/mol. The van der Waals surface area contributed by atoms with Crippen LogP contribution in [0.25, 0.3) is 10.8 Å². The van der Waals surface area contributed by atoms with Crippen molar-refractivity contribution in [3.63, 3.8) is 0 Å². The highest BCUT2D eigenvalue weighted by Crippen LogP contribution is 2.30. The highest BCUT2D eigenvalue weighted by molar-refractivity contribution is 5.99. The first-order valence-corrected chi connectivity index (χ1v) is 8.08. The van der Waals surface area contributed by atoms with E-state index in [9.17, 15) is 19.1 Å². The third-order valence-corrected chi connectivity index (χ3v) is 3.43. The number of aromatic hydroxyl groups is 1. The molecule has 0 saturated heterocycles. The first kappa shape index (κ1) is 19.0. The van der Waals surface area contributed by atoms with Gasteiger partial charge >= 0.3 is 5.97 Å². The Morgan fingerprint density at radius 1 is 1.16 bits per heavy atom. The number of nitrogens with zero attached hydrogens (tertiary/aromatic N) is 1. The minimum absolute atomic E-state index is 0.00369. The lowest BCUT2D eigenvalue weighted by atomic mass is 9.96. The van der Waals surface area contributed by atoms with Crippen LogP contribution >= 0.6 is 0 Å². The second-order valence-corrected chi connectivity index (χ2v) is 8.34. The van der Waals surface area contributed by atoms with Gasteiger partial charge in [-0.25, -0.2) is 9.18 Å². The van der Waals surface area contributed by atoms with Crippen LogP contribution in [0, 0.1) is 11.2 Å². The Kier molecular flexibility index (Phi) is 4.68. The van der Waals surface area contributed by atoms with Crippen LogP contribution in [-0.2, 0) is 11.3 Å². The van der Waals surface area contributed by atoms with E-state index < -0.39 is 28.7 Å². The summed E-state index contributed by atoms with van der Waals surface area (Å²) in [6, 6.07) is 3.50. The molecule has 6 heteroatoms. The van der Waals surface area contributed by atoms with Gasteiger partial charge in [-0.1, -0.05) is 20.8 Å². The third kappa shape index (κ3) is 4.18. The first-order valence-electron chi connectivity index (χ1n) is 8.08. The Bertz CT molecular complexity index is 885. The molecular formula is C19H24FNO4. The van der Waals surface area contributed by atoms with Gasteiger partial charge in [-0.05, 0) is 44.4 Å². The number of ether oxygens (including phenoxy) is 1. The van der Waals surface area contributed by atoms with E-state index in [0.717, 1.165) is 12.1 Å². The van der Waals surface area contributed by atoms with Gasteiger partial charge in [-0.2, -0.15) is 0 Å². The van der Waals surface area contributed by atoms with Crippen molar-refractivity contribution >= 4 is 16.7 Å². The van der Waals surface area contributed by atoms with Gasteiger partial charge in [0.15, 0.2) is 11.4 Å². The van der Waals surface area contributed by atoms with Crippen LogP contribution in [0.4, 0.5) is 4.39 Å². The van der Waals surface area contributed by atoms with E-state index in [1.165, 1.54) is 10.6 Å². The molecule has 0 aliphatic heterocycles. The molecule has 0 atom stereocenters. The Labute approximate surface area is 146 Å². The molecule has 0 spiro atoms. The molecular weight excluding hydrogens is 325 g/mol. The maximum Gasteiger partial charge on any atom is 0.359 e. The molecule has 1 N–H and O–H groups in total. The van der Waals surface area contributed by atoms with Crippen molar-refractivity contribution in [2.75, 3.05) is 0 Å². The number of rotatable bonds is 2. The third-order valence-electron chi connectivity index (χ3n) is 3.43. The second-order valence-electron chi connectivity index (χ2n) is 8.34. The number of pyridine rings is 1. The predicted molar refractivity (Wildman–Crippen MR) is 94.5 cm³/mol. The summed E-state index contributed by atoms with van der Waals surface area (Å²) in [5.74, 6) is -1.88. The van der Waals surface area contributed by atoms with Gasteiger partial charge in [0.05, 0.1) is 5.39 Å². The summed E-state index contributed by atoms with van der Waals surface area (Å²) in [7, 11) is 0. The van der Waals surface area contributed by atoms with Crippen molar-refractivity contribution in [1.29, 1.82) is 0 Å². The minimum atomic E-state index is -0.822. The lowest BCUT2D eigenvalue weighted by Crippen LogP contribution is -2.34. The molecule has 2 aromatic rings. The summed E-state index contributed by atoms with van der Waals surface area (Å²) in [5, 5.41) is 10.8. The van der Waals surface area contributed by atoms with Crippen LogP contribution in [-0.4, -0.2) is 21.2 Å². The largest absolute Gasteiger partial charge is 0.505 e. The molecule has 25 heavy (non-hydrogen) atoms. The van der Waals surface area contributed by atoms with E-state index in [1.54, 1.807) is 20.8 Å². The second kappa shape index (κ2) is 6.17. The number of fused-ring (bicyclic) bond motifs is 1. The summed E-state index contributed by atoms with van der Waals surface area (Å²) in [6.07, 6.45) is 0. The van der Waals surface area contributed by atoms with E-state index in [-0.39, 0.29) is 28.4 Å². The maximum absolute atomic E-state index is 13.6. The molecule has 1 aromatic heterocycles. The quantitative estimate of drug-likeness (QED) is 0.836. The van der Waals surface area contributed by atoms with Gasteiger partial charge in [0.2, 0.25) is 0 Å². The van der Waals surface area contributed by atoms with E-state index in [2.05, 4.69) is 0 Å². The van der Waals surface area contributed by atoms with Gasteiger partial charge in [-0.3, -0.25) is 9.36 Å². The normalized spacial score (nSPS) is 12.4. The van der Waals surface area contributed by atoms with Crippen LogP contribution in [0.1, 0.15) is 52.0 Å². The zero-order valence-corrected chi connectivity index (χ0v) is 15.4. The van der Waals surface area contributed by atoms with E-state index in [4.69, 9.17) is 4.74 Å². The number of carbonyl (C=O) groups excluding carboxylic acids is 1. The first-order chi connectivity index (χ1) is 11.3. The van der Waals surface area contributed by atoms with Gasteiger partial charge < -0.3 is 9.84 Å². The van der Waals surface area contributed by atoms with Crippen molar-refractivity contribution in [3.05, 3.63) is 40.1 Å². The Morgan fingerprint density at radius 3 is 2.28 bits per heavy atom. The van der Waals surface area contributed by atoms with Crippen molar-refractivity contribution in [2.45, 2.75) is 53.7 Å². The van der Waals surface area contributed by atoms with E-state index in [0.29, 0.717) is 0 Å². The van der Waals surface area contributed by atoms with Crippen molar-refractivity contribution in [2.24, 2.45) is 5.41 Å². The molecule has 0 radical (unpaired) electrons. The molecule has 136 valence electrons. The summed E-state index contributed by atoms with van der Waals surface area (Å²) in [6.45, 7) is 11.0. The Balaban J connectivity index is 2.84. The SMILES string of the molecule is CC(C)(C)Cn1c(C(=O)OC(C)(C)C)c(O)c2cc(F)ccc2c1=O. The number of hydrogen-bond acceptors (Lipinski definition) is 4. The van der Waals surface area contributed by atoms with E-state index in [1.807, 2.05) is 20.8 Å². The number of esters is 1. The number of aromatic nitrogens is 1. The predicted octanol–water partition coefficient (Wildman–Crippen LogP) is 3.85. The molecule has 0 aliphatic carbocycles. The van der Waals surface area contributed by atoms with Gasteiger partial charge in [0, 0.05) is 11.9 Å². The zero-order valence-electron chi connectivity index (χ0n) is 15.4. The fraction of sp³-hybridized carbons (Fsp3) is 0.474. The molecule has 0 amide bonds. The molecule has 5 nitrogen and oxygen atoms in total. The van der Waals surface area contributed by atoms with Crippen LogP contribution in [0.3, 0.4) is 0 Å². The highest BCUT2D eigenvalue weighted by Gasteiger charge is 2.28.